The maximum atomic E-state index is 10.6. The summed E-state index contributed by atoms with van der Waals surface area (Å²) >= 11 is 0. The molecule has 0 atom stereocenters. The van der Waals surface area contributed by atoms with Crippen molar-refractivity contribution in [2.75, 3.05) is 5.73 Å². The average Bonchev–Trinajstić information content (AvgIpc) is 2.76. The number of rotatable bonds is 4. The van der Waals surface area contributed by atoms with Crippen LogP contribution in [0.2, 0.25) is 0 Å². The standard InChI is InChI=1S/C18H15P.C6H7N2O2S.Au/c1-4-10-16(11-5-1)19(17-12-6-2-7-13-17)18-14-8-3-9-15-18;7-5-1-3-6(4-2-5)11(8,9)10;/h1-15H;1-4H,7H2,(H-,8,9,10);/q;-1;+1/p+1. The van der Waals surface area contributed by atoms with Crippen molar-refractivity contribution in [1.29, 1.82) is 0 Å². The molecule has 162 valence electrons. The van der Waals surface area contributed by atoms with E-state index < -0.39 is 17.9 Å². The third kappa shape index (κ3) is 7.44. The maximum Gasteiger partial charge on any atom is 1.00 e. The van der Waals surface area contributed by atoms with Crippen molar-refractivity contribution in [3.63, 3.8) is 0 Å². The molecule has 7 heteroatoms. The molecule has 0 aromatic heterocycles. The number of benzene rings is 4. The van der Waals surface area contributed by atoms with E-state index in [1.54, 1.807) is 0 Å². The molecule has 0 amide bonds. The van der Waals surface area contributed by atoms with Gasteiger partial charge in [-0.05, 0) is 60.7 Å². The molecule has 0 bridgehead atoms. The van der Waals surface area contributed by atoms with Gasteiger partial charge in [0.1, 0.15) is 15.9 Å². The molecule has 4 aromatic rings. The largest absolute Gasteiger partial charge is 1.00 e. The zero-order chi connectivity index (χ0) is 21.4. The van der Waals surface area contributed by atoms with Crippen LogP contribution in [-0.4, -0.2) is 8.42 Å². The van der Waals surface area contributed by atoms with Crippen LogP contribution in [-0.2, 0) is 32.4 Å². The predicted octanol–water partition coefficient (Wildman–Crippen LogP) is 4.18. The Labute approximate surface area is 200 Å². The van der Waals surface area contributed by atoms with E-state index >= 15 is 0 Å². The Morgan fingerprint density at radius 1 is 0.581 bits per heavy atom. The van der Waals surface area contributed by atoms with Gasteiger partial charge >= 0.3 is 22.4 Å². The fraction of sp³-hybridized carbons (Fsp3) is 0. The topological polar surface area (TPSA) is 84.0 Å². The molecule has 3 N–H and O–H groups in total. The summed E-state index contributed by atoms with van der Waals surface area (Å²) in [6, 6.07) is 38.0. The molecular weight excluding hydrogens is 608 g/mol. The van der Waals surface area contributed by atoms with Gasteiger partial charge in [-0.2, -0.15) is 0 Å². The molecular formula is C24H23AuN2O2PS+. The Hall–Kier alpha value is -2.24. The summed E-state index contributed by atoms with van der Waals surface area (Å²) in [5, 5.41) is 11.0. The van der Waals surface area contributed by atoms with Gasteiger partial charge in [-0.15, -0.1) is 0 Å². The van der Waals surface area contributed by atoms with Crippen molar-refractivity contribution in [2.45, 2.75) is 4.90 Å². The molecule has 0 fully saturated rings. The summed E-state index contributed by atoms with van der Waals surface area (Å²) in [5.74, 6) is 0. The molecule has 0 heterocycles. The van der Waals surface area contributed by atoms with E-state index in [-0.39, 0.29) is 27.3 Å². The Morgan fingerprint density at radius 3 is 1.19 bits per heavy atom. The van der Waals surface area contributed by atoms with E-state index in [1.807, 2.05) is 0 Å². The number of hydrogen-bond donors (Lipinski definition) is 1. The second-order valence-electron chi connectivity index (χ2n) is 6.55. The van der Waals surface area contributed by atoms with Gasteiger partial charge in [0.05, 0.1) is 17.9 Å². The SMILES string of the molecule is [Au+].[NH-]S(=O)(=O)c1ccc(N)cc1.c1ccc([PH+](c2ccccc2)c2ccccc2)cc1. The van der Waals surface area contributed by atoms with Crippen LogP contribution in [0, 0.1) is 0 Å². The Morgan fingerprint density at radius 2 is 0.903 bits per heavy atom. The number of sulfonamides is 1. The van der Waals surface area contributed by atoms with Gasteiger partial charge in [0.2, 0.25) is 0 Å². The Kier molecular flexibility index (Phi) is 9.66. The normalized spacial score (nSPS) is 10.5. The summed E-state index contributed by atoms with van der Waals surface area (Å²) in [7, 11) is -4.70. The first-order valence-corrected chi connectivity index (χ1v) is 12.3. The molecule has 4 aromatic carbocycles. The molecule has 0 aliphatic carbocycles. The molecule has 0 aliphatic rings. The first kappa shape index (κ1) is 25.0. The van der Waals surface area contributed by atoms with Crippen LogP contribution in [0.1, 0.15) is 0 Å². The quantitative estimate of drug-likeness (QED) is 0.209. The van der Waals surface area contributed by atoms with Crippen LogP contribution < -0.4 is 21.6 Å². The van der Waals surface area contributed by atoms with Crippen molar-refractivity contribution < 1.29 is 30.8 Å². The van der Waals surface area contributed by atoms with Crippen LogP contribution in [0.15, 0.2) is 120 Å². The van der Waals surface area contributed by atoms with Crippen LogP contribution in [0.25, 0.3) is 5.14 Å². The second kappa shape index (κ2) is 12.0. The molecule has 0 radical (unpaired) electrons. The van der Waals surface area contributed by atoms with E-state index in [2.05, 4.69) is 91.0 Å². The van der Waals surface area contributed by atoms with Gasteiger partial charge in [0.25, 0.3) is 0 Å². The van der Waals surface area contributed by atoms with Crippen LogP contribution in [0.3, 0.4) is 0 Å². The van der Waals surface area contributed by atoms with Gasteiger partial charge in [-0.3, -0.25) is 0 Å². The Balaban J connectivity index is 0.000000245. The summed E-state index contributed by atoms with van der Waals surface area (Å²) < 4.78 is 21.1. The minimum atomic E-state index is -3.83. The number of nitrogens with two attached hydrogens (primary N) is 1. The van der Waals surface area contributed by atoms with E-state index in [0.717, 1.165) is 0 Å². The Bertz CT molecular complexity index is 1060. The van der Waals surface area contributed by atoms with Gasteiger partial charge in [0, 0.05) is 10.6 Å². The zero-order valence-corrected chi connectivity index (χ0v) is 20.6. The van der Waals surface area contributed by atoms with Crippen molar-refractivity contribution in [1.82, 2.24) is 0 Å². The van der Waals surface area contributed by atoms with E-state index in [4.69, 9.17) is 10.9 Å². The molecule has 4 rings (SSSR count). The first-order chi connectivity index (χ1) is 14.4. The predicted molar refractivity (Wildman–Crippen MR) is 129 cm³/mol. The van der Waals surface area contributed by atoms with Crippen LogP contribution >= 0.6 is 7.92 Å². The molecule has 0 saturated heterocycles. The van der Waals surface area contributed by atoms with Crippen molar-refractivity contribution in [2.24, 2.45) is 0 Å². The maximum absolute atomic E-state index is 10.6. The van der Waals surface area contributed by atoms with E-state index in [1.165, 1.54) is 40.2 Å². The van der Waals surface area contributed by atoms with Crippen molar-refractivity contribution >= 4 is 39.5 Å². The summed E-state index contributed by atoms with van der Waals surface area (Å²) in [4.78, 5) is -0.0355. The van der Waals surface area contributed by atoms with E-state index in [9.17, 15) is 8.42 Å². The fourth-order valence-corrected chi connectivity index (χ4v) is 6.03. The van der Waals surface area contributed by atoms with Gasteiger partial charge in [-0.25, -0.2) is 8.42 Å². The molecule has 4 nitrogen and oxygen atoms in total. The molecule has 0 aliphatic heterocycles. The third-order valence-corrected chi connectivity index (χ3v) is 8.00. The average molecular weight is 631 g/mol. The van der Waals surface area contributed by atoms with E-state index in [0.29, 0.717) is 5.69 Å². The monoisotopic (exact) mass is 631 g/mol. The van der Waals surface area contributed by atoms with Crippen LogP contribution in [0.4, 0.5) is 5.69 Å². The molecule has 0 unspecified atom stereocenters. The minimum absolute atomic E-state index is 0. The van der Waals surface area contributed by atoms with Crippen LogP contribution in [0.5, 0.6) is 0 Å². The van der Waals surface area contributed by atoms with Gasteiger partial charge < -0.3 is 10.9 Å². The second-order valence-corrected chi connectivity index (χ2v) is 10.5. The fourth-order valence-electron chi connectivity index (χ4n) is 2.96. The van der Waals surface area contributed by atoms with Crippen molar-refractivity contribution in [3.05, 3.63) is 120 Å². The number of nitrogen functional groups attached to an aromatic ring is 1. The summed E-state index contributed by atoms with van der Waals surface area (Å²) in [6.45, 7) is 0. The van der Waals surface area contributed by atoms with Crippen molar-refractivity contribution in [3.8, 4) is 0 Å². The molecule has 0 spiro atoms. The summed E-state index contributed by atoms with van der Waals surface area (Å²) in [5.41, 5.74) is 5.80. The zero-order valence-electron chi connectivity index (χ0n) is 16.6. The summed E-state index contributed by atoms with van der Waals surface area (Å²) in [6.07, 6.45) is 0. The smallest absolute Gasteiger partial charge is 0.560 e. The van der Waals surface area contributed by atoms with Gasteiger partial charge in [0.15, 0.2) is 0 Å². The minimum Gasteiger partial charge on any atom is -0.560 e. The first-order valence-electron chi connectivity index (χ1n) is 9.33. The molecule has 0 saturated carbocycles. The molecule has 31 heavy (non-hydrogen) atoms. The van der Waals surface area contributed by atoms with Gasteiger partial charge in [-0.1, -0.05) is 54.6 Å². The number of nitrogens with one attached hydrogen (secondary N) is 1. The third-order valence-electron chi connectivity index (χ3n) is 4.38. The number of anilines is 1. The number of hydrogen-bond acceptors (Lipinski definition) is 3.